The maximum Gasteiger partial charge on any atom is 0.408 e. The summed E-state index contributed by atoms with van der Waals surface area (Å²) < 4.78 is 20.8. The summed E-state index contributed by atoms with van der Waals surface area (Å²) in [5, 5.41) is 2.63. The molecule has 1 heterocycles. The second-order valence-corrected chi connectivity index (χ2v) is 9.64. The molecule has 0 aromatic rings. The number of methoxy groups -OCH3 is 1. The summed E-state index contributed by atoms with van der Waals surface area (Å²) in [5.74, 6) is -0.487. The van der Waals surface area contributed by atoms with Gasteiger partial charge in [0.25, 0.3) is 0 Å². The van der Waals surface area contributed by atoms with Gasteiger partial charge in [0.1, 0.15) is 11.6 Å². The van der Waals surface area contributed by atoms with E-state index in [4.69, 9.17) is 18.9 Å². The van der Waals surface area contributed by atoms with E-state index >= 15 is 0 Å². The minimum absolute atomic E-state index is 0.0703. The number of amides is 1. The zero-order valence-corrected chi connectivity index (χ0v) is 17.2. The Morgan fingerprint density at radius 3 is 2.32 bits per heavy atom. The van der Waals surface area contributed by atoms with Crippen LogP contribution in [0.15, 0.2) is 0 Å². The summed E-state index contributed by atoms with van der Waals surface area (Å²) in [6.07, 6.45) is -0.725. The molecule has 0 aromatic carbocycles. The zero-order chi connectivity index (χ0) is 19.5. The molecule has 0 aliphatic carbocycles. The molecule has 2 atom stereocenters. The molecule has 0 bridgehead atoms. The van der Waals surface area contributed by atoms with Crippen LogP contribution < -0.4 is 5.32 Å². The van der Waals surface area contributed by atoms with Gasteiger partial charge in [0.05, 0.1) is 19.8 Å². The number of hydrogen-bond acceptors (Lipinski definition) is 7. The van der Waals surface area contributed by atoms with Crippen LogP contribution in [0.5, 0.6) is 0 Å². The molecule has 1 fully saturated rings. The van der Waals surface area contributed by atoms with Crippen molar-refractivity contribution in [2.75, 3.05) is 19.5 Å². The second-order valence-electron chi connectivity index (χ2n) is 7.97. The van der Waals surface area contributed by atoms with Gasteiger partial charge in [0.15, 0.2) is 5.79 Å². The standard InChI is InChI=1S/C17H31NO6S/c1-15(2,3)24-14(20)18-12(13(19)21-8)16(4,5)25-10-11-9-22-17(6,7)23-11/h11-12H,9-10H2,1-8H3,(H,18,20)/t11-,12+/m1/s1. The molecule has 8 heteroatoms. The van der Waals surface area contributed by atoms with Gasteiger partial charge in [-0.3, -0.25) is 0 Å². The molecule has 1 aliphatic rings. The van der Waals surface area contributed by atoms with E-state index in [1.165, 1.54) is 18.9 Å². The van der Waals surface area contributed by atoms with Crippen molar-refractivity contribution in [3.8, 4) is 0 Å². The smallest absolute Gasteiger partial charge is 0.408 e. The predicted molar refractivity (Wildman–Crippen MR) is 96.6 cm³/mol. The summed E-state index contributed by atoms with van der Waals surface area (Å²) >= 11 is 1.51. The van der Waals surface area contributed by atoms with Crippen LogP contribution in [0.2, 0.25) is 0 Å². The van der Waals surface area contributed by atoms with Crippen LogP contribution >= 0.6 is 11.8 Å². The van der Waals surface area contributed by atoms with Crippen molar-refractivity contribution in [2.45, 2.75) is 76.7 Å². The Labute approximate surface area is 154 Å². The summed E-state index contributed by atoms with van der Waals surface area (Å²) in [5.41, 5.74) is -0.650. The molecule has 0 saturated carbocycles. The highest BCUT2D eigenvalue weighted by Gasteiger charge is 2.41. The lowest BCUT2D eigenvalue weighted by Crippen LogP contribution is -2.54. The first-order valence-electron chi connectivity index (χ1n) is 8.29. The summed E-state index contributed by atoms with van der Waals surface area (Å²) in [6, 6.07) is -0.854. The van der Waals surface area contributed by atoms with Gasteiger partial charge in [-0.2, -0.15) is 11.8 Å². The normalized spacial score (nSPS) is 21.5. The number of alkyl carbamates (subject to hydrolysis) is 1. The predicted octanol–water partition coefficient (Wildman–Crippen LogP) is 2.72. The number of esters is 1. The van der Waals surface area contributed by atoms with Gasteiger partial charge in [-0.1, -0.05) is 0 Å². The Morgan fingerprint density at radius 1 is 1.28 bits per heavy atom. The quantitative estimate of drug-likeness (QED) is 0.713. The van der Waals surface area contributed by atoms with Crippen molar-refractivity contribution in [3.63, 3.8) is 0 Å². The molecule has 0 aromatic heterocycles. The first kappa shape index (κ1) is 22.1. The lowest BCUT2D eigenvalue weighted by molar-refractivity contribution is -0.143. The number of carbonyl (C=O) groups is 2. The fourth-order valence-corrected chi connectivity index (χ4v) is 3.40. The molecule has 7 nitrogen and oxygen atoms in total. The molecule has 1 aliphatic heterocycles. The van der Waals surface area contributed by atoms with E-state index in [1.807, 2.05) is 27.7 Å². The van der Waals surface area contributed by atoms with Gasteiger partial charge < -0.3 is 24.3 Å². The van der Waals surface area contributed by atoms with Crippen molar-refractivity contribution >= 4 is 23.8 Å². The molecule has 1 N–H and O–H groups in total. The van der Waals surface area contributed by atoms with Gasteiger partial charge in [-0.25, -0.2) is 9.59 Å². The Bertz CT molecular complexity index is 486. The average Bonchev–Trinajstić information content (AvgIpc) is 2.79. The highest BCUT2D eigenvalue weighted by molar-refractivity contribution is 8.00. The van der Waals surface area contributed by atoms with E-state index in [2.05, 4.69) is 5.32 Å². The Kier molecular flexibility index (Phi) is 7.18. The molecule has 1 saturated heterocycles. The fraction of sp³-hybridized carbons (Fsp3) is 0.882. The van der Waals surface area contributed by atoms with E-state index in [0.717, 1.165) is 0 Å². The number of rotatable bonds is 6. The van der Waals surface area contributed by atoms with Gasteiger partial charge in [0.2, 0.25) is 0 Å². The molecule has 146 valence electrons. The number of hydrogen-bond donors (Lipinski definition) is 1. The molecule has 0 radical (unpaired) electrons. The SMILES string of the molecule is COC(=O)[C@H](NC(=O)OC(C)(C)C)C(C)(C)SC[C@H]1COC(C)(C)O1. The fourth-order valence-electron chi connectivity index (χ4n) is 2.30. The first-order valence-corrected chi connectivity index (χ1v) is 9.27. The van der Waals surface area contributed by atoms with Crippen molar-refractivity contribution < 1.29 is 28.5 Å². The number of ether oxygens (including phenoxy) is 4. The van der Waals surface area contributed by atoms with Crippen LogP contribution in [0, 0.1) is 0 Å². The van der Waals surface area contributed by atoms with Crippen LogP contribution in [-0.2, 0) is 23.7 Å². The van der Waals surface area contributed by atoms with Crippen molar-refractivity contribution in [1.82, 2.24) is 5.32 Å². The van der Waals surface area contributed by atoms with Crippen LogP contribution in [-0.4, -0.2) is 59.8 Å². The lowest BCUT2D eigenvalue weighted by atomic mass is 10.0. The van der Waals surface area contributed by atoms with E-state index in [-0.39, 0.29) is 6.10 Å². The van der Waals surface area contributed by atoms with Crippen LogP contribution in [0.4, 0.5) is 4.79 Å². The Balaban J connectivity index is 2.72. The molecular formula is C17H31NO6S. The summed E-state index contributed by atoms with van der Waals surface area (Å²) in [7, 11) is 1.29. The van der Waals surface area contributed by atoms with E-state index in [1.54, 1.807) is 20.8 Å². The minimum Gasteiger partial charge on any atom is -0.467 e. The number of nitrogens with one attached hydrogen (secondary N) is 1. The second kappa shape index (κ2) is 8.14. The average molecular weight is 378 g/mol. The summed E-state index contributed by atoms with van der Waals surface area (Å²) in [4.78, 5) is 24.3. The highest BCUT2D eigenvalue weighted by Crippen LogP contribution is 2.33. The van der Waals surface area contributed by atoms with Crippen molar-refractivity contribution in [2.24, 2.45) is 0 Å². The molecule has 1 rings (SSSR count). The van der Waals surface area contributed by atoms with E-state index in [9.17, 15) is 9.59 Å². The monoisotopic (exact) mass is 377 g/mol. The molecular weight excluding hydrogens is 346 g/mol. The van der Waals surface area contributed by atoms with Crippen LogP contribution in [0.3, 0.4) is 0 Å². The minimum atomic E-state index is -0.854. The van der Waals surface area contributed by atoms with E-state index in [0.29, 0.717) is 12.4 Å². The number of thioether (sulfide) groups is 1. The maximum absolute atomic E-state index is 12.2. The third kappa shape index (κ3) is 7.42. The highest BCUT2D eigenvalue weighted by atomic mass is 32.2. The van der Waals surface area contributed by atoms with Gasteiger partial charge in [-0.05, 0) is 48.5 Å². The zero-order valence-electron chi connectivity index (χ0n) is 16.4. The van der Waals surface area contributed by atoms with Crippen LogP contribution in [0.25, 0.3) is 0 Å². The molecule has 1 amide bonds. The van der Waals surface area contributed by atoms with E-state index < -0.39 is 34.2 Å². The topological polar surface area (TPSA) is 83.1 Å². The first-order chi connectivity index (χ1) is 11.3. The lowest BCUT2D eigenvalue weighted by Gasteiger charge is -2.33. The van der Waals surface area contributed by atoms with Crippen molar-refractivity contribution in [1.29, 1.82) is 0 Å². The van der Waals surface area contributed by atoms with Crippen molar-refractivity contribution in [3.05, 3.63) is 0 Å². The molecule has 0 unspecified atom stereocenters. The van der Waals surface area contributed by atoms with Gasteiger partial charge >= 0.3 is 12.1 Å². The maximum atomic E-state index is 12.2. The van der Waals surface area contributed by atoms with Gasteiger partial charge in [0, 0.05) is 10.5 Å². The molecule has 25 heavy (non-hydrogen) atoms. The van der Waals surface area contributed by atoms with Gasteiger partial charge in [-0.15, -0.1) is 0 Å². The largest absolute Gasteiger partial charge is 0.467 e. The molecule has 0 spiro atoms. The van der Waals surface area contributed by atoms with Crippen LogP contribution in [0.1, 0.15) is 48.5 Å². The summed E-state index contributed by atoms with van der Waals surface area (Å²) in [6.45, 7) is 13.3. The Hall–Kier alpha value is -0.990. The third-order valence-electron chi connectivity index (χ3n) is 3.50. The Morgan fingerprint density at radius 2 is 1.88 bits per heavy atom. The third-order valence-corrected chi connectivity index (χ3v) is 5.02. The number of carbonyl (C=O) groups excluding carboxylic acids is 2.